The lowest BCUT2D eigenvalue weighted by atomic mass is 10.1. The minimum atomic E-state index is -1.09. The van der Waals surface area contributed by atoms with E-state index in [0.29, 0.717) is 6.61 Å². The van der Waals surface area contributed by atoms with Crippen molar-refractivity contribution < 1.29 is 24.8 Å². The summed E-state index contributed by atoms with van der Waals surface area (Å²) in [6, 6.07) is 0. The molecule has 1 fully saturated rings. The molecule has 16 heavy (non-hydrogen) atoms. The van der Waals surface area contributed by atoms with E-state index in [4.69, 9.17) is 14.6 Å². The summed E-state index contributed by atoms with van der Waals surface area (Å²) in [5.74, 6) is 0. The first-order valence-corrected chi connectivity index (χ1v) is 5.45. The van der Waals surface area contributed by atoms with E-state index in [-0.39, 0.29) is 6.61 Å². The van der Waals surface area contributed by atoms with Gasteiger partial charge < -0.3 is 29.7 Å². The number of hydrogen-bond donors (Lipinski definition) is 3. The summed E-state index contributed by atoms with van der Waals surface area (Å²) < 4.78 is 10.5. The largest absolute Gasteiger partial charge is 0.394 e. The average molecular weight is 235 g/mol. The molecule has 6 nitrogen and oxygen atoms in total. The Balaban J connectivity index is 2.22. The zero-order valence-electron chi connectivity index (χ0n) is 9.74. The predicted molar refractivity (Wildman–Crippen MR) is 56.9 cm³/mol. The third kappa shape index (κ3) is 3.65. The van der Waals surface area contributed by atoms with E-state index in [1.165, 1.54) is 0 Å². The summed E-state index contributed by atoms with van der Waals surface area (Å²) in [6.07, 6.45) is -2.94. The summed E-state index contributed by atoms with van der Waals surface area (Å²) in [5, 5.41) is 27.9. The standard InChI is InChI=1S/C10H21NO5/c1-11(2)4-3-5-15-10-9(14)8(13)7(6-12)16-10/h7-10,12-14H,3-6H2,1-2H3/t7-,8-,9-,10-/m1/s1. The van der Waals surface area contributed by atoms with Crippen molar-refractivity contribution in [3.05, 3.63) is 0 Å². The van der Waals surface area contributed by atoms with Gasteiger partial charge in [0.2, 0.25) is 0 Å². The minimum absolute atomic E-state index is 0.324. The maximum atomic E-state index is 9.55. The molecule has 1 heterocycles. The monoisotopic (exact) mass is 235 g/mol. The van der Waals surface area contributed by atoms with Crippen LogP contribution in [0.1, 0.15) is 6.42 Å². The molecule has 1 aliphatic rings. The molecule has 0 aromatic heterocycles. The fourth-order valence-corrected chi connectivity index (χ4v) is 1.58. The highest BCUT2D eigenvalue weighted by Gasteiger charge is 2.42. The number of rotatable bonds is 6. The van der Waals surface area contributed by atoms with E-state index < -0.39 is 24.6 Å². The highest BCUT2D eigenvalue weighted by Crippen LogP contribution is 2.21. The predicted octanol–water partition coefficient (Wildman–Crippen LogP) is -1.61. The van der Waals surface area contributed by atoms with Crippen molar-refractivity contribution in [2.24, 2.45) is 0 Å². The van der Waals surface area contributed by atoms with Gasteiger partial charge in [-0.2, -0.15) is 0 Å². The molecule has 0 amide bonds. The fourth-order valence-electron chi connectivity index (χ4n) is 1.58. The van der Waals surface area contributed by atoms with Gasteiger partial charge in [0.15, 0.2) is 6.29 Å². The van der Waals surface area contributed by atoms with Gasteiger partial charge in [-0.1, -0.05) is 0 Å². The third-order valence-electron chi connectivity index (χ3n) is 2.53. The van der Waals surface area contributed by atoms with Gasteiger partial charge in [0, 0.05) is 0 Å². The molecule has 6 heteroatoms. The number of aliphatic hydroxyl groups is 3. The lowest BCUT2D eigenvalue weighted by molar-refractivity contribution is -0.169. The molecule has 1 rings (SSSR count). The van der Waals surface area contributed by atoms with Crippen LogP contribution in [0.4, 0.5) is 0 Å². The van der Waals surface area contributed by atoms with Crippen LogP contribution >= 0.6 is 0 Å². The number of nitrogens with zero attached hydrogens (tertiary/aromatic N) is 1. The molecule has 0 aromatic rings. The fraction of sp³-hybridized carbons (Fsp3) is 1.00. The Kier molecular flexibility index (Phi) is 5.60. The Morgan fingerprint density at radius 1 is 1.25 bits per heavy atom. The first-order valence-electron chi connectivity index (χ1n) is 5.45. The van der Waals surface area contributed by atoms with E-state index in [9.17, 15) is 10.2 Å². The van der Waals surface area contributed by atoms with Crippen molar-refractivity contribution >= 4 is 0 Å². The second-order valence-corrected chi connectivity index (χ2v) is 4.23. The highest BCUT2D eigenvalue weighted by molar-refractivity contribution is 4.86. The number of ether oxygens (including phenoxy) is 2. The topological polar surface area (TPSA) is 82.4 Å². The van der Waals surface area contributed by atoms with Gasteiger partial charge in [0.05, 0.1) is 13.2 Å². The van der Waals surface area contributed by atoms with Gasteiger partial charge in [-0.3, -0.25) is 0 Å². The molecule has 0 radical (unpaired) electrons. The lowest BCUT2D eigenvalue weighted by Gasteiger charge is -2.16. The zero-order valence-corrected chi connectivity index (χ0v) is 9.74. The summed E-state index contributed by atoms with van der Waals surface area (Å²) >= 11 is 0. The van der Waals surface area contributed by atoms with Crippen LogP contribution in [0.2, 0.25) is 0 Å². The SMILES string of the molecule is CN(C)CCCO[C@@H]1O[C@H](CO)[C@@H](O)[C@H]1O. The van der Waals surface area contributed by atoms with Crippen LogP contribution < -0.4 is 0 Å². The molecule has 1 saturated heterocycles. The van der Waals surface area contributed by atoms with E-state index in [0.717, 1.165) is 13.0 Å². The Morgan fingerprint density at radius 3 is 2.44 bits per heavy atom. The van der Waals surface area contributed by atoms with Gasteiger partial charge in [-0.15, -0.1) is 0 Å². The quantitative estimate of drug-likeness (QED) is 0.481. The van der Waals surface area contributed by atoms with Gasteiger partial charge in [0.25, 0.3) is 0 Å². The van der Waals surface area contributed by atoms with E-state index in [1.807, 2.05) is 19.0 Å². The second-order valence-electron chi connectivity index (χ2n) is 4.23. The summed E-state index contributed by atoms with van der Waals surface area (Å²) in [5.41, 5.74) is 0. The lowest BCUT2D eigenvalue weighted by Crippen LogP contribution is -2.34. The maximum Gasteiger partial charge on any atom is 0.186 e. The van der Waals surface area contributed by atoms with Crippen molar-refractivity contribution in [2.75, 3.05) is 33.9 Å². The smallest absolute Gasteiger partial charge is 0.186 e. The van der Waals surface area contributed by atoms with Crippen LogP contribution in [0.5, 0.6) is 0 Å². The molecule has 0 bridgehead atoms. The second kappa shape index (κ2) is 6.48. The Morgan fingerprint density at radius 2 is 1.94 bits per heavy atom. The van der Waals surface area contributed by atoms with Crippen LogP contribution in [-0.4, -0.2) is 78.7 Å². The molecular formula is C10H21NO5. The zero-order chi connectivity index (χ0) is 12.1. The Bertz CT molecular complexity index is 202. The molecule has 0 saturated carbocycles. The molecule has 0 unspecified atom stereocenters. The van der Waals surface area contributed by atoms with E-state index >= 15 is 0 Å². The molecule has 96 valence electrons. The van der Waals surface area contributed by atoms with E-state index in [1.54, 1.807) is 0 Å². The van der Waals surface area contributed by atoms with Gasteiger partial charge in [-0.25, -0.2) is 0 Å². The normalized spacial score (nSPS) is 34.9. The van der Waals surface area contributed by atoms with Crippen LogP contribution in [0.25, 0.3) is 0 Å². The first-order chi connectivity index (χ1) is 7.56. The van der Waals surface area contributed by atoms with Gasteiger partial charge in [0.1, 0.15) is 18.3 Å². The van der Waals surface area contributed by atoms with E-state index in [2.05, 4.69) is 0 Å². The van der Waals surface area contributed by atoms with Crippen molar-refractivity contribution in [3.63, 3.8) is 0 Å². The molecule has 3 N–H and O–H groups in total. The Labute approximate surface area is 95.4 Å². The van der Waals surface area contributed by atoms with Crippen molar-refractivity contribution in [1.29, 1.82) is 0 Å². The Hall–Kier alpha value is -0.240. The van der Waals surface area contributed by atoms with Crippen LogP contribution in [-0.2, 0) is 9.47 Å². The van der Waals surface area contributed by atoms with Gasteiger partial charge >= 0.3 is 0 Å². The molecule has 0 aliphatic carbocycles. The summed E-state index contributed by atoms with van der Waals surface area (Å²) in [6.45, 7) is 1.01. The number of aliphatic hydroxyl groups excluding tert-OH is 3. The maximum absolute atomic E-state index is 9.55. The van der Waals surface area contributed by atoms with Crippen LogP contribution in [0, 0.1) is 0 Å². The minimum Gasteiger partial charge on any atom is -0.394 e. The van der Waals surface area contributed by atoms with Crippen molar-refractivity contribution in [3.8, 4) is 0 Å². The van der Waals surface area contributed by atoms with Crippen LogP contribution in [0.15, 0.2) is 0 Å². The molecule has 1 aliphatic heterocycles. The molecular weight excluding hydrogens is 214 g/mol. The molecule has 0 spiro atoms. The summed E-state index contributed by atoms with van der Waals surface area (Å²) in [7, 11) is 3.93. The molecule has 4 atom stereocenters. The number of hydrogen-bond acceptors (Lipinski definition) is 6. The average Bonchev–Trinajstić information content (AvgIpc) is 2.51. The van der Waals surface area contributed by atoms with Crippen molar-refractivity contribution in [1.82, 2.24) is 4.90 Å². The van der Waals surface area contributed by atoms with Crippen LogP contribution in [0.3, 0.4) is 0 Å². The van der Waals surface area contributed by atoms with Gasteiger partial charge in [-0.05, 0) is 27.1 Å². The third-order valence-corrected chi connectivity index (χ3v) is 2.53. The van der Waals surface area contributed by atoms with Crippen molar-refractivity contribution in [2.45, 2.75) is 31.0 Å². The first kappa shape index (κ1) is 13.8. The highest BCUT2D eigenvalue weighted by atomic mass is 16.7. The summed E-state index contributed by atoms with van der Waals surface area (Å²) in [4.78, 5) is 2.03. The molecule has 0 aromatic carbocycles.